The predicted octanol–water partition coefficient (Wildman–Crippen LogP) is 1.87. The fourth-order valence-corrected chi connectivity index (χ4v) is 3.00. The van der Waals surface area contributed by atoms with E-state index in [9.17, 15) is 9.90 Å². The summed E-state index contributed by atoms with van der Waals surface area (Å²) >= 11 is 0. The van der Waals surface area contributed by atoms with Crippen molar-refractivity contribution in [3.8, 4) is 11.5 Å². The minimum absolute atomic E-state index is 0.0415. The van der Waals surface area contributed by atoms with Crippen LogP contribution in [-0.4, -0.2) is 40.9 Å². The molecule has 1 saturated heterocycles. The van der Waals surface area contributed by atoms with Crippen molar-refractivity contribution in [1.82, 2.24) is 4.90 Å². The standard InChI is InChI=1S/C13H15NO4/c15-10-2-1-3-11-12(10)9-7-14(13(16)17)6-8(9)4-5-18-11/h1-3,8-9,15H,4-7H2,(H,16,17)/t8-,9-/m0/s1. The fourth-order valence-electron chi connectivity index (χ4n) is 3.00. The number of likely N-dealkylation sites (tertiary alicyclic amines) is 1. The monoisotopic (exact) mass is 249 g/mol. The van der Waals surface area contributed by atoms with Crippen LogP contribution in [0.4, 0.5) is 4.79 Å². The van der Waals surface area contributed by atoms with Crippen LogP contribution in [-0.2, 0) is 0 Å². The third kappa shape index (κ3) is 1.66. The molecule has 0 bridgehead atoms. The highest BCUT2D eigenvalue weighted by Crippen LogP contribution is 2.45. The average molecular weight is 249 g/mol. The van der Waals surface area contributed by atoms with Crippen molar-refractivity contribution >= 4 is 6.09 Å². The number of carbonyl (C=O) groups is 1. The molecular formula is C13H15NO4. The van der Waals surface area contributed by atoms with Crippen LogP contribution in [0.2, 0.25) is 0 Å². The van der Waals surface area contributed by atoms with E-state index >= 15 is 0 Å². The molecule has 2 aliphatic rings. The Labute approximate surface area is 105 Å². The summed E-state index contributed by atoms with van der Waals surface area (Å²) in [7, 11) is 0. The Morgan fingerprint density at radius 1 is 1.39 bits per heavy atom. The van der Waals surface area contributed by atoms with Crippen LogP contribution in [0.5, 0.6) is 11.5 Å². The third-order valence-corrected chi connectivity index (χ3v) is 3.87. The predicted molar refractivity (Wildman–Crippen MR) is 64.0 cm³/mol. The molecule has 1 fully saturated rings. The lowest BCUT2D eigenvalue weighted by molar-refractivity contribution is 0.152. The highest BCUT2D eigenvalue weighted by molar-refractivity contribution is 5.66. The van der Waals surface area contributed by atoms with Gasteiger partial charge in [-0.1, -0.05) is 6.07 Å². The number of carboxylic acid groups (broad SMARTS) is 1. The molecule has 2 atom stereocenters. The highest BCUT2D eigenvalue weighted by Gasteiger charge is 2.40. The molecule has 2 aliphatic heterocycles. The van der Waals surface area contributed by atoms with Crippen LogP contribution in [0.1, 0.15) is 17.9 Å². The van der Waals surface area contributed by atoms with Crippen molar-refractivity contribution < 1.29 is 19.7 Å². The number of rotatable bonds is 0. The molecule has 0 aliphatic carbocycles. The van der Waals surface area contributed by atoms with Gasteiger partial charge >= 0.3 is 6.09 Å². The van der Waals surface area contributed by atoms with E-state index in [1.54, 1.807) is 12.1 Å². The van der Waals surface area contributed by atoms with E-state index in [-0.39, 0.29) is 17.6 Å². The van der Waals surface area contributed by atoms with Crippen molar-refractivity contribution in [2.24, 2.45) is 5.92 Å². The van der Waals surface area contributed by atoms with Gasteiger partial charge in [0.1, 0.15) is 11.5 Å². The molecule has 3 rings (SSSR count). The summed E-state index contributed by atoms with van der Waals surface area (Å²) in [5.41, 5.74) is 0.767. The normalized spacial score (nSPS) is 25.9. The van der Waals surface area contributed by atoms with Crippen LogP contribution >= 0.6 is 0 Å². The van der Waals surface area contributed by atoms with Gasteiger partial charge in [-0.3, -0.25) is 0 Å². The molecule has 2 heterocycles. The molecule has 0 unspecified atom stereocenters. The fraction of sp³-hybridized carbons (Fsp3) is 0.462. The number of amides is 1. The summed E-state index contributed by atoms with van der Waals surface area (Å²) in [6, 6.07) is 5.22. The van der Waals surface area contributed by atoms with E-state index in [0.717, 1.165) is 12.0 Å². The van der Waals surface area contributed by atoms with Crippen molar-refractivity contribution in [3.63, 3.8) is 0 Å². The minimum atomic E-state index is -0.888. The smallest absolute Gasteiger partial charge is 0.407 e. The molecule has 0 radical (unpaired) electrons. The van der Waals surface area contributed by atoms with Gasteiger partial charge in [-0.05, 0) is 24.5 Å². The van der Waals surface area contributed by atoms with E-state index in [1.807, 2.05) is 6.07 Å². The maximum absolute atomic E-state index is 11.1. The lowest BCUT2D eigenvalue weighted by atomic mass is 9.87. The molecule has 0 saturated carbocycles. The van der Waals surface area contributed by atoms with Gasteiger partial charge in [0, 0.05) is 24.6 Å². The van der Waals surface area contributed by atoms with Gasteiger partial charge in [0.2, 0.25) is 0 Å². The van der Waals surface area contributed by atoms with Gasteiger partial charge in [0.15, 0.2) is 0 Å². The van der Waals surface area contributed by atoms with E-state index in [0.29, 0.717) is 25.4 Å². The second kappa shape index (κ2) is 4.08. The van der Waals surface area contributed by atoms with Gasteiger partial charge in [-0.25, -0.2) is 4.79 Å². The lowest BCUT2D eigenvalue weighted by Gasteiger charge is -2.17. The first-order valence-electron chi connectivity index (χ1n) is 6.09. The van der Waals surface area contributed by atoms with Crippen molar-refractivity contribution in [3.05, 3.63) is 23.8 Å². The molecule has 1 aromatic rings. The Morgan fingerprint density at radius 2 is 2.22 bits per heavy atom. The highest BCUT2D eigenvalue weighted by atomic mass is 16.5. The first kappa shape index (κ1) is 11.2. The van der Waals surface area contributed by atoms with Gasteiger partial charge in [0.25, 0.3) is 0 Å². The second-order valence-corrected chi connectivity index (χ2v) is 4.88. The summed E-state index contributed by atoms with van der Waals surface area (Å²) in [6.07, 6.45) is -0.0660. The van der Waals surface area contributed by atoms with Gasteiger partial charge in [-0.2, -0.15) is 0 Å². The van der Waals surface area contributed by atoms with E-state index < -0.39 is 6.09 Å². The number of nitrogens with zero attached hydrogens (tertiary/aromatic N) is 1. The number of hydrogen-bond acceptors (Lipinski definition) is 3. The van der Waals surface area contributed by atoms with Crippen molar-refractivity contribution in [2.75, 3.05) is 19.7 Å². The van der Waals surface area contributed by atoms with Crippen LogP contribution in [0.15, 0.2) is 18.2 Å². The summed E-state index contributed by atoms with van der Waals surface area (Å²) in [6.45, 7) is 1.54. The molecule has 0 spiro atoms. The number of phenolic OH excluding ortho intramolecular Hbond substituents is 1. The number of fused-ring (bicyclic) bond motifs is 3. The Kier molecular flexibility index (Phi) is 2.54. The van der Waals surface area contributed by atoms with Gasteiger partial charge < -0.3 is 19.8 Å². The molecule has 5 heteroatoms. The van der Waals surface area contributed by atoms with Gasteiger partial charge in [-0.15, -0.1) is 0 Å². The topological polar surface area (TPSA) is 70.0 Å². The molecule has 18 heavy (non-hydrogen) atoms. The number of benzene rings is 1. The SMILES string of the molecule is O=C(O)N1C[C@@H]2CCOc3cccc(O)c3[C@H]2C1. The van der Waals surface area contributed by atoms with Crippen LogP contribution in [0.3, 0.4) is 0 Å². The Morgan fingerprint density at radius 3 is 3.00 bits per heavy atom. The zero-order chi connectivity index (χ0) is 12.7. The van der Waals surface area contributed by atoms with E-state index in [1.165, 1.54) is 4.90 Å². The lowest BCUT2D eigenvalue weighted by Crippen LogP contribution is -2.27. The van der Waals surface area contributed by atoms with Crippen LogP contribution < -0.4 is 4.74 Å². The Bertz CT molecular complexity index is 488. The second-order valence-electron chi connectivity index (χ2n) is 4.88. The third-order valence-electron chi connectivity index (χ3n) is 3.87. The maximum atomic E-state index is 11.1. The zero-order valence-corrected chi connectivity index (χ0v) is 9.87. The zero-order valence-electron chi connectivity index (χ0n) is 9.87. The van der Waals surface area contributed by atoms with E-state index in [2.05, 4.69) is 0 Å². The first-order chi connectivity index (χ1) is 8.66. The Balaban J connectivity index is 2.00. The molecule has 2 N–H and O–H groups in total. The molecule has 1 amide bonds. The largest absolute Gasteiger partial charge is 0.508 e. The van der Waals surface area contributed by atoms with Crippen LogP contribution in [0, 0.1) is 5.92 Å². The number of hydrogen-bond donors (Lipinski definition) is 2. The van der Waals surface area contributed by atoms with Crippen molar-refractivity contribution in [1.29, 1.82) is 0 Å². The average Bonchev–Trinajstić information content (AvgIpc) is 2.66. The number of ether oxygens (including phenoxy) is 1. The van der Waals surface area contributed by atoms with Crippen molar-refractivity contribution in [2.45, 2.75) is 12.3 Å². The number of phenols is 1. The molecular weight excluding hydrogens is 234 g/mol. The molecule has 96 valence electrons. The Hall–Kier alpha value is -1.91. The molecule has 5 nitrogen and oxygen atoms in total. The summed E-state index contributed by atoms with van der Waals surface area (Å²) < 4.78 is 5.64. The van der Waals surface area contributed by atoms with Gasteiger partial charge in [0.05, 0.1) is 6.61 Å². The quantitative estimate of drug-likeness (QED) is 0.736. The summed E-state index contributed by atoms with van der Waals surface area (Å²) in [5, 5.41) is 19.1. The molecule has 1 aromatic carbocycles. The van der Waals surface area contributed by atoms with E-state index in [4.69, 9.17) is 9.84 Å². The summed E-state index contributed by atoms with van der Waals surface area (Å²) in [5.74, 6) is 1.17. The summed E-state index contributed by atoms with van der Waals surface area (Å²) in [4.78, 5) is 12.5. The molecule has 0 aromatic heterocycles. The van der Waals surface area contributed by atoms with Crippen LogP contribution in [0.25, 0.3) is 0 Å². The number of aromatic hydroxyl groups is 1. The first-order valence-corrected chi connectivity index (χ1v) is 6.09. The maximum Gasteiger partial charge on any atom is 0.407 e. The minimum Gasteiger partial charge on any atom is -0.508 e.